The average Bonchev–Trinajstić information content (AvgIpc) is 3.24. The summed E-state index contributed by atoms with van der Waals surface area (Å²) in [7, 11) is 0. The Morgan fingerprint density at radius 3 is 2.81 bits per heavy atom. The van der Waals surface area contributed by atoms with Gasteiger partial charge < -0.3 is 19.2 Å². The number of aromatic amines is 1. The molecule has 0 atom stereocenters. The summed E-state index contributed by atoms with van der Waals surface area (Å²) in [6.45, 7) is 5.36. The summed E-state index contributed by atoms with van der Waals surface area (Å²) in [6, 6.07) is 7.16. The number of rotatable bonds is 5. The van der Waals surface area contributed by atoms with Crippen LogP contribution in [0.3, 0.4) is 0 Å². The number of aryl methyl sites for hydroxylation is 1. The lowest BCUT2D eigenvalue weighted by atomic mass is 10.0. The van der Waals surface area contributed by atoms with Gasteiger partial charge in [-0.2, -0.15) is 5.26 Å². The Balaban J connectivity index is 2.00. The van der Waals surface area contributed by atoms with E-state index in [0.29, 0.717) is 33.9 Å². The zero-order chi connectivity index (χ0) is 19.6. The Morgan fingerprint density at radius 2 is 2.11 bits per heavy atom. The van der Waals surface area contributed by atoms with Crippen LogP contribution in [0.4, 0.5) is 0 Å². The number of H-pyrrole nitrogens is 1. The first-order valence-electron chi connectivity index (χ1n) is 8.39. The fourth-order valence-corrected chi connectivity index (χ4v) is 2.99. The molecular weight excluding hydrogens is 348 g/mol. The number of esters is 1. The zero-order valence-corrected chi connectivity index (χ0v) is 15.2. The molecule has 0 unspecified atom stereocenters. The summed E-state index contributed by atoms with van der Waals surface area (Å²) in [5, 5.41) is 9.51. The van der Waals surface area contributed by atoms with E-state index >= 15 is 0 Å². The van der Waals surface area contributed by atoms with Gasteiger partial charge in [-0.05, 0) is 38.5 Å². The number of nitrogens with zero attached hydrogens (tertiary/aromatic N) is 1. The molecule has 1 aliphatic heterocycles. The maximum atomic E-state index is 12.9. The van der Waals surface area contributed by atoms with Crippen LogP contribution in [-0.4, -0.2) is 30.1 Å². The molecule has 1 N–H and O–H groups in total. The molecule has 1 aliphatic rings. The van der Waals surface area contributed by atoms with Crippen LogP contribution in [0.2, 0.25) is 0 Å². The number of aromatic nitrogens is 1. The zero-order valence-electron chi connectivity index (χ0n) is 15.2. The number of ketones is 1. The Kier molecular flexibility index (Phi) is 4.99. The molecule has 0 spiro atoms. The summed E-state index contributed by atoms with van der Waals surface area (Å²) >= 11 is 0. The van der Waals surface area contributed by atoms with Gasteiger partial charge in [0, 0.05) is 11.3 Å². The molecule has 7 nitrogen and oxygen atoms in total. The Bertz CT molecular complexity index is 995. The van der Waals surface area contributed by atoms with Gasteiger partial charge >= 0.3 is 5.97 Å². The molecule has 1 aromatic carbocycles. The van der Waals surface area contributed by atoms with Crippen LogP contribution in [0.15, 0.2) is 23.8 Å². The lowest BCUT2D eigenvalue weighted by Gasteiger charge is -2.04. The minimum atomic E-state index is -0.509. The summed E-state index contributed by atoms with van der Waals surface area (Å²) in [5.74, 6) is 0.0384. The van der Waals surface area contributed by atoms with Gasteiger partial charge in [-0.1, -0.05) is 12.1 Å². The maximum Gasteiger partial charge on any atom is 0.340 e. The van der Waals surface area contributed by atoms with Crippen LogP contribution in [0, 0.1) is 25.2 Å². The minimum absolute atomic E-state index is 0.0846. The normalized spacial score (nSPS) is 12.6. The van der Waals surface area contributed by atoms with Gasteiger partial charge in [0.25, 0.3) is 0 Å². The predicted octanol–water partition coefficient (Wildman–Crippen LogP) is 3.33. The molecule has 1 aromatic heterocycles. The van der Waals surface area contributed by atoms with Gasteiger partial charge in [-0.25, -0.2) is 4.79 Å². The molecule has 2 heterocycles. The van der Waals surface area contributed by atoms with E-state index in [0.717, 1.165) is 0 Å². The molecule has 0 fully saturated rings. The maximum absolute atomic E-state index is 12.9. The van der Waals surface area contributed by atoms with Gasteiger partial charge in [0.05, 0.1) is 17.9 Å². The van der Waals surface area contributed by atoms with E-state index < -0.39 is 11.8 Å². The average molecular weight is 366 g/mol. The predicted molar refractivity (Wildman–Crippen MR) is 96.7 cm³/mol. The minimum Gasteiger partial charge on any atom is -0.462 e. The molecule has 0 saturated heterocycles. The van der Waals surface area contributed by atoms with Crippen LogP contribution >= 0.6 is 0 Å². The second-order valence-electron chi connectivity index (χ2n) is 5.93. The third kappa shape index (κ3) is 3.29. The number of allylic oxidation sites excluding steroid dienone is 1. The number of hydrogen-bond acceptors (Lipinski definition) is 6. The molecule has 0 aliphatic carbocycles. The van der Waals surface area contributed by atoms with Crippen molar-refractivity contribution >= 4 is 17.8 Å². The second-order valence-corrected chi connectivity index (χ2v) is 5.93. The monoisotopic (exact) mass is 366 g/mol. The molecule has 0 saturated carbocycles. The molecule has 7 heteroatoms. The molecule has 138 valence electrons. The summed E-state index contributed by atoms with van der Waals surface area (Å²) in [6.07, 6.45) is 1.45. The lowest BCUT2D eigenvalue weighted by molar-refractivity contribution is 0.0525. The van der Waals surface area contributed by atoms with Gasteiger partial charge in [0.2, 0.25) is 12.6 Å². The van der Waals surface area contributed by atoms with E-state index in [4.69, 9.17) is 14.2 Å². The van der Waals surface area contributed by atoms with Crippen molar-refractivity contribution in [3.8, 4) is 17.6 Å². The van der Waals surface area contributed by atoms with Gasteiger partial charge in [-0.3, -0.25) is 4.79 Å². The van der Waals surface area contributed by atoms with Crippen molar-refractivity contribution in [3.63, 3.8) is 0 Å². The third-order valence-corrected chi connectivity index (χ3v) is 4.24. The summed E-state index contributed by atoms with van der Waals surface area (Å²) in [4.78, 5) is 27.9. The van der Waals surface area contributed by atoms with Crippen molar-refractivity contribution in [2.45, 2.75) is 20.8 Å². The van der Waals surface area contributed by atoms with Gasteiger partial charge in [0.1, 0.15) is 11.6 Å². The van der Waals surface area contributed by atoms with Crippen LogP contribution in [0.5, 0.6) is 11.5 Å². The molecule has 0 bridgehead atoms. The molecule has 27 heavy (non-hydrogen) atoms. The van der Waals surface area contributed by atoms with Crippen molar-refractivity contribution in [3.05, 3.63) is 51.9 Å². The number of fused-ring (bicyclic) bond motifs is 1. The van der Waals surface area contributed by atoms with Crippen LogP contribution in [0.25, 0.3) is 6.08 Å². The number of Topliss-reactive ketones (excluding diaryl/α,β-unsaturated/α-hetero) is 1. The fraction of sp³-hybridized carbons (Fsp3) is 0.250. The van der Waals surface area contributed by atoms with Gasteiger partial charge in [-0.15, -0.1) is 0 Å². The highest BCUT2D eigenvalue weighted by Crippen LogP contribution is 2.36. The number of ether oxygens (including phenoxy) is 3. The van der Waals surface area contributed by atoms with E-state index in [2.05, 4.69) is 4.98 Å². The third-order valence-electron chi connectivity index (χ3n) is 4.24. The van der Waals surface area contributed by atoms with Crippen LogP contribution in [0.1, 0.15) is 44.6 Å². The number of nitrogens with one attached hydrogen (secondary N) is 1. The Morgan fingerprint density at radius 1 is 1.33 bits per heavy atom. The van der Waals surface area contributed by atoms with Crippen molar-refractivity contribution < 1.29 is 23.8 Å². The lowest BCUT2D eigenvalue weighted by Crippen LogP contribution is -2.08. The van der Waals surface area contributed by atoms with E-state index in [-0.39, 0.29) is 24.7 Å². The topological polar surface area (TPSA) is 101 Å². The molecule has 3 rings (SSSR count). The standard InChI is InChI=1S/C20H18N2O5/c1-4-25-20(24)16-11(2)17(22-12(16)3)18(23)14(9-21)8-13-6-5-7-15-19(13)27-10-26-15/h5-8,22H,4,10H2,1-3H3/b14-8+. The second kappa shape index (κ2) is 7.38. The first-order chi connectivity index (χ1) is 13.0. The van der Waals surface area contributed by atoms with Gasteiger partial charge in [0.15, 0.2) is 11.5 Å². The van der Waals surface area contributed by atoms with Crippen molar-refractivity contribution in [2.24, 2.45) is 0 Å². The molecule has 0 amide bonds. The van der Waals surface area contributed by atoms with E-state index in [1.54, 1.807) is 39.0 Å². The fourth-order valence-electron chi connectivity index (χ4n) is 2.99. The van der Waals surface area contributed by atoms with Crippen molar-refractivity contribution in [1.82, 2.24) is 4.98 Å². The number of carbonyl (C=O) groups is 2. The number of para-hydroxylation sites is 1. The quantitative estimate of drug-likeness (QED) is 0.377. The number of hydrogen-bond donors (Lipinski definition) is 1. The number of benzene rings is 1. The summed E-state index contributed by atoms with van der Waals surface area (Å²) < 4.78 is 15.8. The Hall–Kier alpha value is -3.53. The molecule has 2 aromatic rings. The first-order valence-corrected chi connectivity index (χ1v) is 8.39. The number of nitriles is 1. The molecule has 0 radical (unpaired) electrons. The SMILES string of the molecule is CCOC(=O)c1c(C)[nH]c(C(=O)/C(C#N)=C/c2cccc3c2OCO3)c1C. The smallest absolute Gasteiger partial charge is 0.340 e. The van der Waals surface area contributed by atoms with E-state index in [1.165, 1.54) is 6.08 Å². The van der Waals surface area contributed by atoms with Crippen LogP contribution < -0.4 is 9.47 Å². The number of carbonyl (C=O) groups excluding carboxylic acids is 2. The van der Waals surface area contributed by atoms with Crippen LogP contribution in [-0.2, 0) is 4.74 Å². The Labute approximate surface area is 156 Å². The van der Waals surface area contributed by atoms with Crippen molar-refractivity contribution in [1.29, 1.82) is 5.26 Å². The highest BCUT2D eigenvalue weighted by molar-refractivity contribution is 6.15. The largest absolute Gasteiger partial charge is 0.462 e. The highest BCUT2D eigenvalue weighted by Gasteiger charge is 2.25. The van der Waals surface area contributed by atoms with E-state index in [9.17, 15) is 14.9 Å². The summed E-state index contributed by atoms with van der Waals surface area (Å²) in [5.41, 5.74) is 1.96. The molecular formula is C20H18N2O5. The van der Waals surface area contributed by atoms with E-state index in [1.807, 2.05) is 6.07 Å². The highest BCUT2D eigenvalue weighted by atomic mass is 16.7. The first kappa shape index (κ1) is 18.3. The van der Waals surface area contributed by atoms with Crippen molar-refractivity contribution in [2.75, 3.05) is 13.4 Å².